The van der Waals surface area contributed by atoms with Crippen molar-refractivity contribution in [2.75, 3.05) is 0 Å². The van der Waals surface area contributed by atoms with E-state index in [0.717, 1.165) is 10.4 Å². The first kappa shape index (κ1) is 16.0. The first-order valence-corrected chi connectivity index (χ1v) is 10.4. The second kappa shape index (κ2) is 5.95. The summed E-state index contributed by atoms with van der Waals surface area (Å²) in [4.78, 5) is 0.298. The van der Waals surface area contributed by atoms with Gasteiger partial charge in [-0.15, -0.1) is 0 Å². The van der Waals surface area contributed by atoms with Gasteiger partial charge in [-0.3, -0.25) is 0 Å². The molecule has 2 fully saturated rings. The summed E-state index contributed by atoms with van der Waals surface area (Å²) in [6, 6.07) is 5.21. The van der Waals surface area contributed by atoms with Crippen LogP contribution < -0.4 is 4.72 Å². The highest BCUT2D eigenvalue weighted by Gasteiger charge is 2.42. The van der Waals surface area contributed by atoms with Crippen molar-refractivity contribution in [1.82, 2.24) is 4.72 Å². The van der Waals surface area contributed by atoms with Gasteiger partial charge in [0, 0.05) is 15.0 Å². The summed E-state index contributed by atoms with van der Waals surface area (Å²) in [6.45, 7) is 2.01. The molecule has 1 aromatic rings. The highest BCUT2D eigenvalue weighted by Crippen LogP contribution is 2.49. The van der Waals surface area contributed by atoms with Crippen LogP contribution in [0.1, 0.15) is 32.6 Å². The molecule has 0 radical (unpaired) electrons. The van der Waals surface area contributed by atoms with Gasteiger partial charge in [0.05, 0.1) is 4.90 Å². The van der Waals surface area contributed by atoms with Crippen LogP contribution in [0, 0.1) is 17.8 Å². The Morgan fingerprint density at radius 1 is 1.24 bits per heavy atom. The lowest BCUT2D eigenvalue weighted by molar-refractivity contribution is 0.280. The second-order valence-corrected chi connectivity index (χ2v) is 9.78. The smallest absolute Gasteiger partial charge is 0.208 e. The molecule has 6 heteroatoms. The van der Waals surface area contributed by atoms with Crippen molar-refractivity contribution in [2.45, 2.75) is 43.5 Å². The Morgan fingerprint density at radius 2 is 2.00 bits per heavy atom. The number of hydrogen-bond donors (Lipinski definition) is 1. The van der Waals surface area contributed by atoms with E-state index in [9.17, 15) is 8.42 Å². The minimum Gasteiger partial charge on any atom is -0.208 e. The third kappa shape index (κ3) is 3.23. The summed E-state index contributed by atoms with van der Waals surface area (Å²) in [5.74, 6) is 2.02. The Morgan fingerprint density at radius 3 is 2.62 bits per heavy atom. The average Bonchev–Trinajstić information content (AvgIpc) is 3.03. The summed E-state index contributed by atoms with van der Waals surface area (Å²) in [5, 5.41) is 0. The quantitative estimate of drug-likeness (QED) is 0.763. The molecule has 1 N–H and O–H groups in total. The van der Waals surface area contributed by atoms with Crippen molar-refractivity contribution in [2.24, 2.45) is 17.8 Å². The molecule has 0 heterocycles. The molecule has 0 spiro atoms. The lowest BCUT2D eigenvalue weighted by Gasteiger charge is -2.28. The van der Waals surface area contributed by atoms with E-state index >= 15 is 0 Å². The number of nitrogens with one attached hydrogen (secondary N) is 1. The average molecular weight is 437 g/mol. The molecule has 0 aromatic heterocycles. The van der Waals surface area contributed by atoms with Crippen LogP contribution in [0.25, 0.3) is 0 Å². The predicted molar refractivity (Wildman–Crippen MR) is 90.6 cm³/mol. The molecule has 0 saturated heterocycles. The number of benzene rings is 1. The van der Waals surface area contributed by atoms with Gasteiger partial charge in [-0.05, 0) is 78.1 Å². The standard InChI is InChI=1S/C15H19Br2NO2S/c1-9(13-7-10-2-3-11(13)6-10)18-21(19,20)15-8-12(16)4-5-14(15)17/h4-5,8-11,13,18H,2-3,6-7H2,1H3. The molecule has 3 nitrogen and oxygen atoms in total. The van der Waals surface area contributed by atoms with Crippen molar-refractivity contribution < 1.29 is 8.42 Å². The maximum Gasteiger partial charge on any atom is 0.241 e. The summed E-state index contributed by atoms with van der Waals surface area (Å²) in [5.41, 5.74) is 0. The van der Waals surface area contributed by atoms with Crippen LogP contribution in [0.4, 0.5) is 0 Å². The van der Waals surface area contributed by atoms with Crippen LogP contribution in [-0.4, -0.2) is 14.5 Å². The molecule has 2 bridgehead atoms. The van der Waals surface area contributed by atoms with Gasteiger partial charge in [-0.2, -0.15) is 0 Å². The van der Waals surface area contributed by atoms with Crippen LogP contribution in [0.2, 0.25) is 0 Å². The van der Waals surface area contributed by atoms with E-state index < -0.39 is 10.0 Å². The van der Waals surface area contributed by atoms with Gasteiger partial charge in [0.25, 0.3) is 0 Å². The van der Waals surface area contributed by atoms with Gasteiger partial charge in [0.1, 0.15) is 0 Å². The fraction of sp³-hybridized carbons (Fsp3) is 0.600. The van der Waals surface area contributed by atoms with Crippen molar-refractivity contribution in [3.8, 4) is 0 Å². The zero-order chi connectivity index (χ0) is 15.2. The molecule has 4 atom stereocenters. The van der Waals surface area contributed by atoms with Crippen molar-refractivity contribution in [3.63, 3.8) is 0 Å². The Kier molecular flexibility index (Phi) is 4.52. The number of halogens is 2. The van der Waals surface area contributed by atoms with Crippen molar-refractivity contribution in [3.05, 3.63) is 27.1 Å². The Hall–Kier alpha value is 0.0900. The maximum absolute atomic E-state index is 12.6. The Balaban J connectivity index is 1.78. The van der Waals surface area contributed by atoms with E-state index in [0.29, 0.717) is 21.2 Å². The molecule has 4 unspecified atom stereocenters. The van der Waals surface area contributed by atoms with Crippen LogP contribution in [0.15, 0.2) is 32.0 Å². The van der Waals surface area contributed by atoms with Crippen LogP contribution in [-0.2, 0) is 10.0 Å². The van der Waals surface area contributed by atoms with E-state index in [2.05, 4.69) is 36.6 Å². The number of hydrogen-bond acceptors (Lipinski definition) is 2. The van der Waals surface area contributed by atoms with E-state index in [4.69, 9.17) is 0 Å². The molecular formula is C15H19Br2NO2S. The molecule has 3 rings (SSSR count). The lowest BCUT2D eigenvalue weighted by atomic mass is 9.84. The zero-order valence-corrected chi connectivity index (χ0v) is 15.8. The zero-order valence-electron chi connectivity index (χ0n) is 11.9. The Labute approximate surface area is 143 Å². The van der Waals surface area contributed by atoms with Gasteiger partial charge in [-0.25, -0.2) is 13.1 Å². The minimum atomic E-state index is -3.49. The van der Waals surface area contributed by atoms with Crippen molar-refractivity contribution >= 4 is 41.9 Å². The second-order valence-electron chi connectivity index (χ2n) is 6.32. The summed E-state index contributed by atoms with van der Waals surface area (Å²) in [6.07, 6.45) is 5.06. The summed E-state index contributed by atoms with van der Waals surface area (Å²) < 4.78 is 29.5. The van der Waals surface area contributed by atoms with Crippen LogP contribution in [0.5, 0.6) is 0 Å². The van der Waals surface area contributed by atoms with Crippen LogP contribution in [0.3, 0.4) is 0 Å². The number of fused-ring (bicyclic) bond motifs is 2. The van der Waals surface area contributed by atoms with Crippen LogP contribution >= 0.6 is 31.9 Å². The van der Waals surface area contributed by atoms with E-state index in [1.165, 1.54) is 25.7 Å². The number of rotatable bonds is 4. The lowest BCUT2D eigenvalue weighted by Crippen LogP contribution is -2.40. The summed E-state index contributed by atoms with van der Waals surface area (Å²) in [7, 11) is -3.49. The molecule has 2 aliphatic rings. The van der Waals surface area contributed by atoms with E-state index in [1.807, 2.05) is 13.0 Å². The van der Waals surface area contributed by atoms with E-state index in [-0.39, 0.29) is 6.04 Å². The van der Waals surface area contributed by atoms with Gasteiger partial charge in [0.2, 0.25) is 10.0 Å². The largest absolute Gasteiger partial charge is 0.241 e. The number of sulfonamides is 1. The van der Waals surface area contributed by atoms with Gasteiger partial charge >= 0.3 is 0 Å². The third-order valence-electron chi connectivity index (χ3n) is 4.96. The van der Waals surface area contributed by atoms with Gasteiger partial charge < -0.3 is 0 Å². The highest BCUT2D eigenvalue weighted by molar-refractivity contribution is 9.11. The van der Waals surface area contributed by atoms with Gasteiger partial charge in [0.15, 0.2) is 0 Å². The molecule has 0 amide bonds. The SMILES string of the molecule is CC(NS(=O)(=O)c1cc(Br)ccc1Br)C1CC2CCC1C2. The molecule has 0 aliphatic heterocycles. The maximum atomic E-state index is 12.6. The fourth-order valence-electron chi connectivity index (χ4n) is 3.99. The third-order valence-corrected chi connectivity index (χ3v) is 8.00. The molecule has 21 heavy (non-hydrogen) atoms. The molecule has 2 aliphatic carbocycles. The molecule has 116 valence electrons. The molecule has 2 saturated carbocycles. The molecule has 1 aromatic carbocycles. The van der Waals surface area contributed by atoms with Crippen molar-refractivity contribution in [1.29, 1.82) is 0 Å². The highest BCUT2D eigenvalue weighted by atomic mass is 79.9. The monoisotopic (exact) mass is 435 g/mol. The Bertz CT molecular complexity index is 647. The topological polar surface area (TPSA) is 46.2 Å². The van der Waals surface area contributed by atoms with E-state index in [1.54, 1.807) is 12.1 Å². The summed E-state index contributed by atoms with van der Waals surface area (Å²) >= 11 is 6.67. The first-order valence-electron chi connectivity index (χ1n) is 7.34. The minimum absolute atomic E-state index is 0.00354. The normalized spacial score (nSPS) is 29.8. The first-order chi connectivity index (χ1) is 9.87. The fourth-order valence-corrected chi connectivity index (χ4v) is 6.78. The van der Waals surface area contributed by atoms with Gasteiger partial charge in [-0.1, -0.05) is 22.4 Å². The predicted octanol–water partition coefficient (Wildman–Crippen LogP) is 4.31. The molecular weight excluding hydrogens is 418 g/mol.